The van der Waals surface area contributed by atoms with E-state index < -0.39 is 0 Å². The van der Waals surface area contributed by atoms with Crippen molar-refractivity contribution in [3.63, 3.8) is 0 Å². The average molecular weight is 217 g/mol. The van der Waals surface area contributed by atoms with Gasteiger partial charge in [0, 0.05) is 13.2 Å². The maximum absolute atomic E-state index is 5.86. The minimum absolute atomic E-state index is 0.193. The largest absolute Gasteiger partial charge is 0.379 e. The Morgan fingerprint density at radius 2 is 1.93 bits per heavy atom. The summed E-state index contributed by atoms with van der Waals surface area (Å²) in [6, 6.07) is 0. The van der Waals surface area contributed by atoms with Gasteiger partial charge in [-0.15, -0.1) is 0 Å². The van der Waals surface area contributed by atoms with Crippen LogP contribution in [0.1, 0.15) is 40.5 Å². The Bertz CT molecular complexity index is 131. The molecule has 0 heterocycles. The molecule has 92 valence electrons. The Morgan fingerprint density at radius 1 is 1.20 bits per heavy atom. The van der Waals surface area contributed by atoms with Gasteiger partial charge >= 0.3 is 0 Å². The van der Waals surface area contributed by atoms with Crippen LogP contribution in [-0.2, 0) is 9.47 Å². The first-order valence-corrected chi connectivity index (χ1v) is 6.18. The molecule has 3 nitrogen and oxygen atoms in total. The lowest BCUT2D eigenvalue weighted by molar-refractivity contribution is -0.0463. The van der Waals surface area contributed by atoms with E-state index in [0.29, 0.717) is 12.7 Å². The number of rotatable bonds is 10. The third-order valence-electron chi connectivity index (χ3n) is 2.24. The monoisotopic (exact) mass is 217 g/mol. The van der Waals surface area contributed by atoms with E-state index in [1.807, 2.05) is 6.92 Å². The van der Waals surface area contributed by atoms with Gasteiger partial charge in [0.1, 0.15) is 0 Å². The number of nitrogens with one attached hydrogen (secondary N) is 1. The maximum atomic E-state index is 5.86. The van der Waals surface area contributed by atoms with E-state index in [4.69, 9.17) is 9.47 Å². The average Bonchev–Trinajstić information content (AvgIpc) is 2.25. The quantitative estimate of drug-likeness (QED) is 0.569. The third kappa shape index (κ3) is 8.85. The highest BCUT2D eigenvalue weighted by Gasteiger charge is 2.10. The summed E-state index contributed by atoms with van der Waals surface area (Å²) >= 11 is 0. The molecule has 0 radical (unpaired) electrons. The van der Waals surface area contributed by atoms with Gasteiger partial charge in [0.2, 0.25) is 0 Å². The number of ether oxygens (including phenoxy) is 2. The van der Waals surface area contributed by atoms with Crippen molar-refractivity contribution in [2.24, 2.45) is 0 Å². The summed E-state index contributed by atoms with van der Waals surface area (Å²) in [5.74, 6) is 0. The molecule has 0 saturated heterocycles. The van der Waals surface area contributed by atoms with Gasteiger partial charge in [-0.2, -0.15) is 0 Å². The van der Waals surface area contributed by atoms with Gasteiger partial charge in [-0.1, -0.05) is 13.8 Å². The fraction of sp³-hybridized carbons (Fsp3) is 1.00. The molecular weight excluding hydrogens is 190 g/mol. The molecule has 0 rings (SSSR count). The van der Waals surface area contributed by atoms with Gasteiger partial charge in [0.15, 0.2) is 0 Å². The molecule has 2 atom stereocenters. The molecule has 0 aromatic heterocycles. The van der Waals surface area contributed by atoms with Gasteiger partial charge in [-0.05, 0) is 33.2 Å². The van der Waals surface area contributed by atoms with Crippen LogP contribution in [0.5, 0.6) is 0 Å². The summed E-state index contributed by atoms with van der Waals surface area (Å²) in [6.07, 6.45) is 2.73. The zero-order valence-electron chi connectivity index (χ0n) is 10.7. The highest BCUT2D eigenvalue weighted by molar-refractivity contribution is 4.62. The van der Waals surface area contributed by atoms with Gasteiger partial charge in [-0.3, -0.25) is 0 Å². The molecule has 1 N–H and O–H groups in total. The minimum atomic E-state index is 0.193. The predicted octanol–water partition coefficient (Wildman–Crippen LogP) is 2.21. The summed E-state index contributed by atoms with van der Waals surface area (Å²) in [4.78, 5) is 0. The van der Waals surface area contributed by atoms with Crippen LogP contribution in [0.3, 0.4) is 0 Å². The topological polar surface area (TPSA) is 30.5 Å². The fourth-order valence-electron chi connectivity index (χ4n) is 1.38. The van der Waals surface area contributed by atoms with Crippen molar-refractivity contribution in [2.75, 3.05) is 26.3 Å². The van der Waals surface area contributed by atoms with E-state index in [1.165, 1.54) is 6.42 Å². The molecule has 0 aromatic carbocycles. The Hall–Kier alpha value is -0.120. The molecule has 0 saturated carbocycles. The molecule has 0 aromatic rings. The van der Waals surface area contributed by atoms with Crippen LogP contribution in [0.4, 0.5) is 0 Å². The molecule has 0 aliphatic heterocycles. The number of hydrogen-bond acceptors (Lipinski definition) is 3. The van der Waals surface area contributed by atoms with E-state index in [1.54, 1.807) is 0 Å². The first-order valence-electron chi connectivity index (χ1n) is 6.18. The summed E-state index contributed by atoms with van der Waals surface area (Å²) in [5, 5.41) is 3.38. The summed E-state index contributed by atoms with van der Waals surface area (Å²) in [6.45, 7) is 11.9. The van der Waals surface area contributed by atoms with Crippen molar-refractivity contribution in [3.05, 3.63) is 0 Å². The van der Waals surface area contributed by atoms with Crippen molar-refractivity contribution in [1.82, 2.24) is 5.32 Å². The van der Waals surface area contributed by atoms with Gasteiger partial charge in [-0.25, -0.2) is 0 Å². The Morgan fingerprint density at radius 3 is 2.47 bits per heavy atom. The van der Waals surface area contributed by atoms with E-state index in [0.717, 1.165) is 26.1 Å². The smallest absolute Gasteiger partial charge is 0.0784 e. The first kappa shape index (κ1) is 14.9. The van der Waals surface area contributed by atoms with Crippen molar-refractivity contribution in [3.8, 4) is 0 Å². The van der Waals surface area contributed by atoms with E-state index >= 15 is 0 Å². The lowest BCUT2D eigenvalue weighted by Gasteiger charge is -2.21. The molecule has 0 aliphatic carbocycles. The van der Waals surface area contributed by atoms with Crippen LogP contribution in [0.25, 0.3) is 0 Å². The number of hydrogen-bond donors (Lipinski definition) is 1. The maximum Gasteiger partial charge on any atom is 0.0784 e. The van der Waals surface area contributed by atoms with Crippen LogP contribution in [-0.4, -0.2) is 38.5 Å². The van der Waals surface area contributed by atoms with Crippen LogP contribution in [0, 0.1) is 0 Å². The SMILES string of the molecule is CCCNCC(CC)OC(C)COCC. The second-order valence-electron chi connectivity index (χ2n) is 3.84. The second-order valence-corrected chi connectivity index (χ2v) is 3.84. The summed E-state index contributed by atoms with van der Waals surface area (Å²) < 4.78 is 11.2. The Kier molecular flexibility index (Phi) is 10.3. The van der Waals surface area contributed by atoms with Crippen LogP contribution in [0.2, 0.25) is 0 Å². The zero-order valence-corrected chi connectivity index (χ0v) is 10.7. The normalized spacial score (nSPS) is 15.2. The second kappa shape index (κ2) is 10.4. The minimum Gasteiger partial charge on any atom is -0.379 e. The zero-order chi connectivity index (χ0) is 11.5. The van der Waals surface area contributed by atoms with E-state index in [-0.39, 0.29) is 6.10 Å². The van der Waals surface area contributed by atoms with E-state index in [9.17, 15) is 0 Å². The third-order valence-corrected chi connectivity index (χ3v) is 2.24. The molecule has 0 aliphatic rings. The summed E-state index contributed by atoms with van der Waals surface area (Å²) in [5.41, 5.74) is 0. The Labute approximate surface area is 94.5 Å². The standard InChI is InChI=1S/C12H27NO2/c1-5-8-13-9-12(6-2)15-11(4)10-14-7-3/h11-13H,5-10H2,1-4H3. The van der Waals surface area contributed by atoms with Gasteiger partial charge in [0.25, 0.3) is 0 Å². The van der Waals surface area contributed by atoms with Crippen LogP contribution in [0.15, 0.2) is 0 Å². The van der Waals surface area contributed by atoms with Gasteiger partial charge in [0.05, 0.1) is 18.8 Å². The van der Waals surface area contributed by atoms with Crippen molar-refractivity contribution >= 4 is 0 Å². The summed E-state index contributed by atoms with van der Waals surface area (Å²) in [7, 11) is 0. The molecule has 0 amide bonds. The van der Waals surface area contributed by atoms with Crippen molar-refractivity contribution in [1.29, 1.82) is 0 Å². The molecule has 2 unspecified atom stereocenters. The molecular formula is C12H27NO2. The predicted molar refractivity (Wildman–Crippen MR) is 64.3 cm³/mol. The molecule has 0 bridgehead atoms. The lowest BCUT2D eigenvalue weighted by Crippen LogP contribution is -2.33. The lowest BCUT2D eigenvalue weighted by atomic mass is 10.2. The highest BCUT2D eigenvalue weighted by Crippen LogP contribution is 2.02. The van der Waals surface area contributed by atoms with Crippen molar-refractivity contribution < 1.29 is 9.47 Å². The molecule has 0 fully saturated rings. The molecule has 3 heteroatoms. The van der Waals surface area contributed by atoms with E-state index in [2.05, 4.69) is 26.1 Å². The van der Waals surface area contributed by atoms with Crippen LogP contribution < -0.4 is 5.32 Å². The first-order chi connectivity index (χ1) is 7.24. The van der Waals surface area contributed by atoms with Crippen molar-refractivity contribution in [2.45, 2.75) is 52.7 Å². The fourth-order valence-corrected chi connectivity index (χ4v) is 1.38. The highest BCUT2D eigenvalue weighted by atomic mass is 16.5. The Balaban J connectivity index is 3.57. The van der Waals surface area contributed by atoms with Crippen LogP contribution >= 0.6 is 0 Å². The molecule has 15 heavy (non-hydrogen) atoms. The molecule has 0 spiro atoms. The van der Waals surface area contributed by atoms with Gasteiger partial charge < -0.3 is 14.8 Å².